The Labute approximate surface area is 121 Å². The lowest BCUT2D eigenvalue weighted by molar-refractivity contribution is -0.121. The Kier molecular flexibility index (Phi) is 4.72. The van der Waals surface area contributed by atoms with Crippen molar-refractivity contribution in [2.45, 2.75) is 18.9 Å². The van der Waals surface area contributed by atoms with Gasteiger partial charge in [-0.3, -0.25) is 15.0 Å². The summed E-state index contributed by atoms with van der Waals surface area (Å²) < 4.78 is 4.97. The molecule has 1 saturated heterocycles. The molecule has 1 aromatic rings. The molecule has 8 nitrogen and oxygen atoms in total. The van der Waals surface area contributed by atoms with Crippen molar-refractivity contribution in [1.29, 1.82) is 0 Å². The number of hydrazine groups is 1. The third-order valence-electron chi connectivity index (χ3n) is 2.92. The monoisotopic (exact) mass is 292 g/mol. The van der Waals surface area contributed by atoms with Gasteiger partial charge in [-0.25, -0.2) is 10.9 Å². The summed E-state index contributed by atoms with van der Waals surface area (Å²) >= 11 is 0. The summed E-state index contributed by atoms with van der Waals surface area (Å²) in [5, 5.41) is 13.6. The number of benzene rings is 1. The summed E-state index contributed by atoms with van der Waals surface area (Å²) in [6.07, 6.45) is 1.70. The number of amides is 2. The molecule has 1 aliphatic rings. The predicted octanol–water partition coefficient (Wildman–Crippen LogP) is -0.366. The highest BCUT2D eigenvalue weighted by molar-refractivity contribution is 5.86. The second-order valence-corrected chi connectivity index (χ2v) is 4.49. The van der Waals surface area contributed by atoms with Gasteiger partial charge in [-0.1, -0.05) is 6.07 Å². The van der Waals surface area contributed by atoms with Crippen molar-refractivity contribution in [3.8, 4) is 11.5 Å². The van der Waals surface area contributed by atoms with Crippen LogP contribution in [0.4, 0.5) is 0 Å². The molecule has 1 aromatic carbocycles. The Hall–Kier alpha value is -2.61. The number of rotatable bonds is 5. The fourth-order valence-electron chi connectivity index (χ4n) is 1.88. The van der Waals surface area contributed by atoms with E-state index in [0.29, 0.717) is 11.3 Å². The Balaban J connectivity index is 1.87. The minimum absolute atomic E-state index is 0.0507. The van der Waals surface area contributed by atoms with Gasteiger partial charge in [0.1, 0.15) is 0 Å². The number of ether oxygens (including phenoxy) is 1. The fraction of sp³-hybridized carbons (Fsp3) is 0.308. The average molecular weight is 292 g/mol. The number of methoxy groups -OCH3 is 1. The molecule has 8 heteroatoms. The highest BCUT2D eigenvalue weighted by Crippen LogP contribution is 2.27. The summed E-state index contributed by atoms with van der Waals surface area (Å²) in [6, 6.07) is 4.70. The predicted molar refractivity (Wildman–Crippen MR) is 74.7 cm³/mol. The van der Waals surface area contributed by atoms with Crippen LogP contribution in [-0.2, 0) is 9.59 Å². The first kappa shape index (κ1) is 14.8. The third kappa shape index (κ3) is 3.93. The molecule has 0 aromatic heterocycles. The average Bonchev–Trinajstić information content (AvgIpc) is 2.86. The fourth-order valence-corrected chi connectivity index (χ4v) is 1.88. The van der Waals surface area contributed by atoms with Gasteiger partial charge in [0, 0.05) is 24.4 Å². The maximum absolute atomic E-state index is 11.6. The topological polar surface area (TPSA) is 112 Å². The molecule has 4 N–H and O–H groups in total. The lowest BCUT2D eigenvalue weighted by Crippen LogP contribution is -2.34. The number of para-hydroxylation sites is 1. The number of aromatic hydroxyl groups is 1. The van der Waals surface area contributed by atoms with Crippen molar-refractivity contribution in [2.75, 3.05) is 7.11 Å². The van der Waals surface area contributed by atoms with Crippen LogP contribution in [0.15, 0.2) is 23.3 Å². The van der Waals surface area contributed by atoms with E-state index < -0.39 is 0 Å². The van der Waals surface area contributed by atoms with Crippen LogP contribution in [0.2, 0.25) is 0 Å². The molecule has 0 aliphatic carbocycles. The molecular formula is C13H16N4O4. The Morgan fingerprint density at radius 2 is 2.43 bits per heavy atom. The van der Waals surface area contributed by atoms with Gasteiger partial charge in [0.25, 0.3) is 0 Å². The van der Waals surface area contributed by atoms with Crippen LogP contribution in [0.25, 0.3) is 0 Å². The molecule has 0 saturated carbocycles. The van der Waals surface area contributed by atoms with E-state index in [9.17, 15) is 14.7 Å². The van der Waals surface area contributed by atoms with Crippen LogP contribution < -0.4 is 21.0 Å². The minimum atomic E-state index is -0.331. The van der Waals surface area contributed by atoms with E-state index >= 15 is 0 Å². The van der Waals surface area contributed by atoms with E-state index in [1.807, 2.05) is 0 Å². The third-order valence-corrected chi connectivity index (χ3v) is 2.92. The number of carbonyl (C=O) groups is 2. The van der Waals surface area contributed by atoms with Crippen molar-refractivity contribution in [3.05, 3.63) is 23.8 Å². The van der Waals surface area contributed by atoms with Gasteiger partial charge >= 0.3 is 0 Å². The summed E-state index contributed by atoms with van der Waals surface area (Å²) in [7, 11) is 1.45. The highest BCUT2D eigenvalue weighted by Gasteiger charge is 2.23. The lowest BCUT2D eigenvalue weighted by Gasteiger charge is -2.06. The SMILES string of the molecule is COc1cccc(/C=N/NC(=O)CC2CC(=O)NN2)c1O. The van der Waals surface area contributed by atoms with Crippen LogP contribution in [0, 0.1) is 0 Å². The number of carbonyl (C=O) groups excluding carboxylic acids is 2. The Bertz CT molecular complexity index is 573. The quantitative estimate of drug-likeness (QED) is 0.437. The first-order chi connectivity index (χ1) is 10.1. The zero-order valence-corrected chi connectivity index (χ0v) is 11.4. The molecule has 1 atom stereocenters. The molecule has 1 aliphatic heterocycles. The number of phenols is 1. The van der Waals surface area contributed by atoms with E-state index in [1.54, 1.807) is 18.2 Å². The molecule has 0 spiro atoms. The van der Waals surface area contributed by atoms with E-state index in [2.05, 4.69) is 21.4 Å². The first-order valence-electron chi connectivity index (χ1n) is 6.32. The standard InChI is InChI=1S/C13H16N4O4/c1-21-10-4-2-3-8(13(10)20)7-14-16-11(18)5-9-6-12(19)17-15-9/h2-4,7,9,15,20H,5-6H2,1H3,(H,16,18)(H,17,19)/b14-7+. The van der Waals surface area contributed by atoms with Crippen LogP contribution in [-0.4, -0.2) is 36.3 Å². The number of hydrazone groups is 1. The maximum Gasteiger partial charge on any atom is 0.241 e. The van der Waals surface area contributed by atoms with Gasteiger partial charge in [-0.05, 0) is 12.1 Å². The van der Waals surface area contributed by atoms with E-state index in [4.69, 9.17) is 4.74 Å². The number of hydrogen-bond acceptors (Lipinski definition) is 6. The zero-order chi connectivity index (χ0) is 15.2. The summed E-state index contributed by atoms with van der Waals surface area (Å²) in [6.45, 7) is 0. The molecule has 1 heterocycles. The second-order valence-electron chi connectivity index (χ2n) is 4.49. The second kappa shape index (κ2) is 6.71. The zero-order valence-electron chi connectivity index (χ0n) is 11.4. The van der Waals surface area contributed by atoms with Crippen LogP contribution >= 0.6 is 0 Å². The molecule has 112 valence electrons. The molecule has 0 bridgehead atoms. The van der Waals surface area contributed by atoms with Gasteiger partial charge in [0.2, 0.25) is 11.8 Å². The van der Waals surface area contributed by atoms with E-state index in [0.717, 1.165) is 0 Å². The van der Waals surface area contributed by atoms with Crippen molar-refractivity contribution in [2.24, 2.45) is 5.10 Å². The van der Waals surface area contributed by atoms with Gasteiger partial charge in [0.15, 0.2) is 11.5 Å². The van der Waals surface area contributed by atoms with Gasteiger partial charge < -0.3 is 9.84 Å². The molecule has 21 heavy (non-hydrogen) atoms. The summed E-state index contributed by atoms with van der Waals surface area (Å²) in [5.74, 6) is -0.199. The highest BCUT2D eigenvalue weighted by atomic mass is 16.5. The molecular weight excluding hydrogens is 276 g/mol. The molecule has 0 radical (unpaired) electrons. The van der Waals surface area contributed by atoms with Crippen LogP contribution in [0.1, 0.15) is 18.4 Å². The number of nitrogens with one attached hydrogen (secondary N) is 3. The van der Waals surface area contributed by atoms with Crippen molar-refractivity contribution in [3.63, 3.8) is 0 Å². The van der Waals surface area contributed by atoms with Crippen LogP contribution in [0.3, 0.4) is 0 Å². The summed E-state index contributed by atoms with van der Waals surface area (Å²) in [4.78, 5) is 22.6. The number of phenolic OH excluding ortho intramolecular Hbond substituents is 1. The van der Waals surface area contributed by atoms with Gasteiger partial charge in [-0.15, -0.1) is 0 Å². The summed E-state index contributed by atoms with van der Waals surface area (Å²) in [5.41, 5.74) is 7.88. The molecule has 1 fully saturated rings. The Morgan fingerprint density at radius 1 is 1.62 bits per heavy atom. The van der Waals surface area contributed by atoms with Crippen molar-refractivity contribution in [1.82, 2.24) is 16.3 Å². The smallest absolute Gasteiger partial charge is 0.241 e. The Morgan fingerprint density at radius 3 is 3.10 bits per heavy atom. The largest absolute Gasteiger partial charge is 0.504 e. The number of hydrogen-bond donors (Lipinski definition) is 4. The van der Waals surface area contributed by atoms with Gasteiger partial charge in [0.05, 0.1) is 13.3 Å². The minimum Gasteiger partial charge on any atom is -0.504 e. The molecule has 1 unspecified atom stereocenters. The normalized spacial score (nSPS) is 17.8. The molecule has 2 amide bonds. The lowest BCUT2D eigenvalue weighted by atomic mass is 10.1. The first-order valence-corrected chi connectivity index (χ1v) is 6.32. The van der Waals surface area contributed by atoms with Crippen molar-refractivity contribution < 1.29 is 19.4 Å². The van der Waals surface area contributed by atoms with E-state index in [-0.39, 0.29) is 36.4 Å². The number of nitrogens with zero attached hydrogens (tertiary/aromatic N) is 1. The van der Waals surface area contributed by atoms with Crippen LogP contribution in [0.5, 0.6) is 11.5 Å². The van der Waals surface area contributed by atoms with Crippen molar-refractivity contribution >= 4 is 18.0 Å². The molecule has 2 rings (SSSR count). The van der Waals surface area contributed by atoms with E-state index in [1.165, 1.54) is 13.3 Å². The maximum atomic E-state index is 11.6. The van der Waals surface area contributed by atoms with Gasteiger partial charge in [-0.2, -0.15) is 5.10 Å².